The van der Waals surface area contributed by atoms with Crippen molar-refractivity contribution in [3.8, 4) is 6.07 Å². The summed E-state index contributed by atoms with van der Waals surface area (Å²) in [6, 6.07) is 5.46. The highest BCUT2D eigenvalue weighted by molar-refractivity contribution is 5.93. The van der Waals surface area contributed by atoms with Crippen LogP contribution in [0.4, 0.5) is 10.5 Å². The zero-order chi connectivity index (χ0) is 15.1. The maximum absolute atomic E-state index is 11.5. The molecule has 0 spiro atoms. The predicted octanol–water partition coefficient (Wildman–Crippen LogP) is 0.608. The second kappa shape index (κ2) is 6.75. The molecule has 0 aliphatic rings. The number of benzene rings is 1. The van der Waals surface area contributed by atoms with E-state index in [1.54, 1.807) is 6.07 Å². The van der Waals surface area contributed by atoms with Gasteiger partial charge in [-0.05, 0) is 18.2 Å². The van der Waals surface area contributed by atoms with Gasteiger partial charge >= 0.3 is 18.0 Å². The van der Waals surface area contributed by atoms with Crippen LogP contribution in [0, 0.1) is 11.3 Å². The van der Waals surface area contributed by atoms with Gasteiger partial charge in [-0.15, -0.1) is 0 Å². The first-order valence-electron chi connectivity index (χ1n) is 5.44. The molecule has 0 unspecified atom stereocenters. The molecule has 4 N–H and O–H groups in total. The molecule has 1 aromatic carbocycles. The minimum absolute atomic E-state index is 0.293. The summed E-state index contributed by atoms with van der Waals surface area (Å²) < 4.78 is 0. The fraction of sp³-hybridized carbons (Fsp3) is 0.167. The summed E-state index contributed by atoms with van der Waals surface area (Å²) in [5.41, 5.74) is 0.615. The fourth-order valence-corrected chi connectivity index (χ4v) is 1.37. The van der Waals surface area contributed by atoms with Crippen LogP contribution < -0.4 is 10.6 Å². The van der Waals surface area contributed by atoms with E-state index in [9.17, 15) is 14.4 Å². The molecule has 104 valence electrons. The monoisotopic (exact) mass is 277 g/mol. The number of rotatable bonds is 5. The van der Waals surface area contributed by atoms with E-state index in [-0.39, 0.29) is 0 Å². The largest absolute Gasteiger partial charge is 0.481 e. The first-order valence-corrected chi connectivity index (χ1v) is 5.44. The van der Waals surface area contributed by atoms with Gasteiger partial charge in [-0.25, -0.2) is 9.59 Å². The number of carboxylic acid groups (broad SMARTS) is 2. The highest BCUT2D eigenvalue weighted by Gasteiger charge is 2.22. The Labute approximate surface area is 113 Å². The van der Waals surface area contributed by atoms with E-state index in [2.05, 4.69) is 5.32 Å². The van der Waals surface area contributed by atoms with Gasteiger partial charge in [-0.3, -0.25) is 4.79 Å². The van der Waals surface area contributed by atoms with Crippen LogP contribution in [0.5, 0.6) is 0 Å². The average molecular weight is 277 g/mol. The molecule has 0 fully saturated rings. The first kappa shape index (κ1) is 15.0. The third kappa shape index (κ3) is 4.66. The second-order valence-corrected chi connectivity index (χ2v) is 3.78. The zero-order valence-electron chi connectivity index (χ0n) is 10.2. The number of nitriles is 1. The van der Waals surface area contributed by atoms with Crippen molar-refractivity contribution in [3.63, 3.8) is 0 Å². The normalized spacial score (nSPS) is 10.9. The highest BCUT2D eigenvalue weighted by atomic mass is 16.4. The van der Waals surface area contributed by atoms with Crippen LogP contribution in [0.1, 0.15) is 12.0 Å². The number of amides is 2. The Balaban J connectivity index is 2.68. The summed E-state index contributed by atoms with van der Waals surface area (Å²) >= 11 is 0. The molecule has 0 saturated carbocycles. The Kier molecular flexibility index (Phi) is 5.05. The smallest absolute Gasteiger partial charge is 0.326 e. The lowest BCUT2D eigenvalue weighted by atomic mass is 10.2. The van der Waals surface area contributed by atoms with Crippen LogP contribution in [-0.2, 0) is 9.59 Å². The first-order chi connectivity index (χ1) is 9.42. The highest BCUT2D eigenvalue weighted by Crippen LogP contribution is 2.09. The second-order valence-electron chi connectivity index (χ2n) is 3.78. The van der Waals surface area contributed by atoms with Crippen molar-refractivity contribution in [2.75, 3.05) is 5.32 Å². The number of hydrogen-bond donors (Lipinski definition) is 4. The summed E-state index contributed by atoms with van der Waals surface area (Å²) in [5, 5.41) is 30.3. The Hall–Kier alpha value is -3.08. The molecular weight excluding hydrogens is 266 g/mol. The van der Waals surface area contributed by atoms with Crippen molar-refractivity contribution < 1.29 is 24.6 Å². The van der Waals surface area contributed by atoms with Crippen molar-refractivity contribution in [2.24, 2.45) is 0 Å². The number of carbonyl (C=O) groups excluding carboxylic acids is 1. The van der Waals surface area contributed by atoms with Gasteiger partial charge in [0, 0.05) is 5.69 Å². The van der Waals surface area contributed by atoms with Crippen LogP contribution in [0.25, 0.3) is 0 Å². The zero-order valence-corrected chi connectivity index (χ0v) is 10.2. The molecule has 0 aromatic heterocycles. The van der Waals surface area contributed by atoms with Gasteiger partial charge in [-0.2, -0.15) is 5.26 Å². The Morgan fingerprint density at radius 2 is 2.00 bits per heavy atom. The maximum atomic E-state index is 11.5. The molecule has 0 heterocycles. The van der Waals surface area contributed by atoms with Crippen LogP contribution in [0.15, 0.2) is 24.3 Å². The number of aliphatic carboxylic acids is 2. The minimum Gasteiger partial charge on any atom is -0.481 e. The number of carbonyl (C=O) groups is 3. The van der Waals surface area contributed by atoms with E-state index in [1.165, 1.54) is 18.2 Å². The van der Waals surface area contributed by atoms with Crippen molar-refractivity contribution >= 4 is 23.7 Å². The molecule has 0 bridgehead atoms. The molecule has 0 radical (unpaired) electrons. The maximum Gasteiger partial charge on any atom is 0.326 e. The molecule has 1 aromatic rings. The van der Waals surface area contributed by atoms with Crippen molar-refractivity contribution in [1.29, 1.82) is 5.26 Å². The Morgan fingerprint density at radius 1 is 1.30 bits per heavy atom. The van der Waals surface area contributed by atoms with Crippen LogP contribution >= 0.6 is 0 Å². The summed E-state index contributed by atoms with van der Waals surface area (Å²) in [6.07, 6.45) is -0.735. The summed E-state index contributed by atoms with van der Waals surface area (Å²) in [6.45, 7) is 0. The summed E-state index contributed by atoms with van der Waals surface area (Å²) in [4.78, 5) is 32.8. The molecule has 0 saturated heterocycles. The molecule has 1 atom stereocenters. The summed E-state index contributed by atoms with van der Waals surface area (Å²) in [5.74, 6) is -2.79. The number of nitrogens with zero attached hydrogens (tertiary/aromatic N) is 1. The van der Waals surface area contributed by atoms with E-state index in [0.29, 0.717) is 11.3 Å². The number of anilines is 1. The quantitative estimate of drug-likeness (QED) is 0.621. The van der Waals surface area contributed by atoms with Gasteiger partial charge in [0.15, 0.2) is 0 Å². The third-order valence-corrected chi connectivity index (χ3v) is 2.23. The van der Waals surface area contributed by atoms with Crippen molar-refractivity contribution in [3.05, 3.63) is 29.8 Å². The minimum atomic E-state index is -1.54. The molecule has 0 aliphatic carbocycles. The Morgan fingerprint density at radius 3 is 2.55 bits per heavy atom. The van der Waals surface area contributed by atoms with Gasteiger partial charge < -0.3 is 20.8 Å². The Bertz CT molecular complexity index is 579. The van der Waals surface area contributed by atoms with Gasteiger partial charge in [-0.1, -0.05) is 6.07 Å². The van der Waals surface area contributed by atoms with Gasteiger partial charge in [0.05, 0.1) is 18.1 Å². The van der Waals surface area contributed by atoms with E-state index in [4.69, 9.17) is 15.5 Å². The van der Waals surface area contributed by atoms with E-state index in [1.807, 2.05) is 11.4 Å². The fourth-order valence-electron chi connectivity index (χ4n) is 1.37. The standard InChI is InChI=1S/C12H11N3O5/c13-6-7-2-1-3-8(4-7)14-12(20)15-9(11(18)19)5-10(16)17/h1-4,9H,5H2,(H,16,17)(H,18,19)(H2,14,15,20)/t9-/m1/s1. The van der Waals surface area contributed by atoms with E-state index < -0.39 is 30.4 Å². The topological polar surface area (TPSA) is 140 Å². The number of nitrogens with one attached hydrogen (secondary N) is 2. The molecule has 8 nitrogen and oxygen atoms in total. The molecular formula is C12H11N3O5. The molecule has 2 amide bonds. The van der Waals surface area contributed by atoms with Crippen molar-refractivity contribution in [1.82, 2.24) is 5.32 Å². The van der Waals surface area contributed by atoms with Crippen LogP contribution in [0.3, 0.4) is 0 Å². The molecule has 0 aliphatic heterocycles. The lowest BCUT2D eigenvalue weighted by molar-refractivity contribution is -0.145. The van der Waals surface area contributed by atoms with Crippen LogP contribution in [-0.4, -0.2) is 34.2 Å². The number of urea groups is 1. The van der Waals surface area contributed by atoms with Crippen molar-refractivity contribution in [2.45, 2.75) is 12.5 Å². The molecule has 8 heteroatoms. The molecule has 20 heavy (non-hydrogen) atoms. The van der Waals surface area contributed by atoms with Gasteiger partial charge in [0.25, 0.3) is 0 Å². The lowest BCUT2D eigenvalue weighted by Crippen LogP contribution is -2.44. The average Bonchev–Trinajstić information content (AvgIpc) is 2.37. The predicted molar refractivity (Wildman–Crippen MR) is 67.0 cm³/mol. The van der Waals surface area contributed by atoms with E-state index in [0.717, 1.165) is 0 Å². The lowest BCUT2D eigenvalue weighted by Gasteiger charge is -2.13. The molecule has 1 rings (SSSR count). The van der Waals surface area contributed by atoms with Gasteiger partial charge in [0.2, 0.25) is 0 Å². The number of carboxylic acids is 2. The number of hydrogen-bond acceptors (Lipinski definition) is 4. The van der Waals surface area contributed by atoms with Gasteiger partial charge in [0.1, 0.15) is 6.04 Å². The van der Waals surface area contributed by atoms with Crippen LogP contribution in [0.2, 0.25) is 0 Å². The third-order valence-electron chi connectivity index (χ3n) is 2.23. The SMILES string of the molecule is N#Cc1cccc(NC(=O)N[C@H](CC(=O)O)C(=O)O)c1. The van der Waals surface area contributed by atoms with E-state index >= 15 is 0 Å². The summed E-state index contributed by atoms with van der Waals surface area (Å²) in [7, 11) is 0.